The van der Waals surface area contributed by atoms with Gasteiger partial charge in [-0.1, -0.05) is 6.58 Å². The summed E-state index contributed by atoms with van der Waals surface area (Å²) >= 11 is 0. The molecule has 0 fully saturated rings. The molecule has 0 radical (unpaired) electrons. The third-order valence-corrected chi connectivity index (χ3v) is 2.83. The number of aryl methyl sites for hydroxylation is 1. The predicted octanol–water partition coefficient (Wildman–Crippen LogP) is 3.26. The molecule has 0 saturated carbocycles. The summed E-state index contributed by atoms with van der Waals surface area (Å²) in [6.07, 6.45) is 0. The Hall–Kier alpha value is -1.51. The van der Waals surface area contributed by atoms with Gasteiger partial charge in [-0.3, -0.25) is 0 Å². The van der Waals surface area contributed by atoms with Gasteiger partial charge in [-0.15, -0.1) is 0 Å². The highest BCUT2D eigenvalue weighted by Gasteiger charge is 2.25. The standard InChI is InChI=1S/C13H16FNO/c1-8(2)15-10(4)7-16-13-6-11(14)9(3)5-12(13)15/h5-6,10H,1,7H2,2-4H3. The van der Waals surface area contributed by atoms with E-state index in [0.717, 1.165) is 11.4 Å². The van der Waals surface area contributed by atoms with Crippen LogP contribution >= 0.6 is 0 Å². The first-order valence-corrected chi connectivity index (χ1v) is 5.38. The van der Waals surface area contributed by atoms with Gasteiger partial charge in [-0.25, -0.2) is 4.39 Å². The van der Waals surface area contributed by atoms with Crippen LogP contribution in [0.5, 0.6) is 5.75 Å². The van der Waals surface area contributed by atoms with Crippen LogP contribution in [0.15, 0.2) is 24.4 Å². The molecular weight excluding hydrogens is 205 g/mol. The van der Waals surface area contributed by atoms with Crippen molar-refractivity contribution >= 4 is 5.69 Å². The minimum absolute atomic E-state index is 0.227. The maximum Gasteiger partial charge on any atom is 0.145 e. The molecule has 0 bridgehead atoms. The molecule has 2 nitrogen and oxygen atoms in total. The normalized spacial score (nSPS) is 19.0. The van der Waals surface area contributed by atoms with Crippen LogP contribution in [0.3, 0.4) is 0 Å². The van der Waals surface area contributed by atoms with Crippen LogP contribution in [0.25, 0.3) is 0 Å². The van der Waals surface area contributed by atoms with Crippen LogP contribution < -0.4 is 9.64 Å². The topological polar surface area (TPSA) is 12.5 Å². The summed E-state index contributed by atoms with van der Waals surface area (Å²) in [5.41, 5.74) is 2.48. The predicted molar refractivity (Wildman–Crippen MR) is 63.4 cm³/mol. The van der Waals surface area contributed by atoms with E-state index in [-0.39, 0.29) is 11.9 Å². The van der Waals surface area contributed by atoms with E-state index in [1.165, 1.54) is 6.07 Å². The van der Waals surface area contributed by atoms with Gasteiger partial charge in [0.2, 0.25) is 0 Å². The second-order valence-electron chi connectivity index (χ2n) is 4.33. The monoisotopic (exact) mass is 221 g/mol. The molecule has 1 aliphatic rings. The molecule has 3 heteroatoms. The van der Waals surface area contributed by atoms with E-state index in [1.807, 2.05) is 13.0 Å². The number of fused-ring (bicyclic) bond motifs is 1. The third-order valence-electron chi connectivity index (χ3n) is 2.83. The summed E-state index contributed by atoms with van der Waals surface area (Å²) in [5.74, 6) is 0.374. The average molecular weight is 221 g/mol. The summed E-state index contributed by atoms with van der Waals surface area (Å²) in [5, 5.41) is 0. The smallest absolute Gasteiger partial charge is 0.145 e. The molecule has 0 N–H and O–H groups in total. The lowest BCUT2D eigenvalue weighted by Crippen LogP contribution is -2.39. The van der Waals surface area contributed by atoms with Crippen molar-refractivity contribution in [2.24, 2.45) is 0 Å². The number of hydrogen-bond acceptors (Lipinski definition) is 2. The zero-order chi connectivity index (χ0) is 11.9. The van der Waals surface area contributed by atoms with Gasteiger partial charge in [0.05, 0.1) is 11.7 Å². The second kappa shape index (κ2) is 3.81. The van der Waals surface area contributed by atoms with Crippen molar-refractivity contribution in [2.75, 3.05) is 11.5 Å². The second-order valence-corrected chi connectivity index (χ2v) is 4.33. The Kier molecular flexibility index (Phi) is 2.62. The van der Waals surface area contributed by atoms with Gasteiger partial charge in [0.15, 0.2) is 0 Å². The quantitative estimate of drug-likeness (QED) is 0.721. The highest BCUT2D eigenvalue weighted by molar-refractivity contribution is 5.65. The zero-order valence-corrected chi connectivity index (χ0v) is 9.88. The van der Waals surface area contributed by atoms with E-state index < -0.39 is 0 Å². The molecular formula is C13H16FNO. The number of hydrogen-bond donors (Lipinski definition) is 0. The Balaban J connectivity index is 2.55. The molecule has 2 rings (SSSR count). The molecule has 1 heterocycles. The van der Waals surface area contributed by atoms with Crippen LogP contribution in [0.4, 0.5) is 10.1 Å². The lowest BCUT2D eigenvalue weighted by molar-refractivity contribution is 0.274. The molecule has 0 aliphatic carbocycles. The number of ether oxygens (including phenoxy) is 1. The van der Waals surface area contributed by atoms with Gasteiger partial charge in [0, 0.05) is 11.8 Å². The van der Waals surface area contributed by atoms with Crippen LogP contribution in [0.1, 0.15) is 19.4 Å². The zero-order valence-electron chi connectivity index (χ0n) is 9.88. The van der Waals surface area contributed by atoms with Gasteiger partial charge >= 0.3 is 0 Å². The molecule has 0 spiro atoms. The first-order valence-electron chi connectivity index (χ1n) is 5.38. The van der Waals surface area contributed by atoms with E-state index in [0.29, 0.717) is 17.9 Å². The van der Waals surface area contributed by atoms with Crippen molar-refractivity contribution in [3.8, 4) is 5.75 Å². The highest BCUT2D eigenvalue weighted by atomic mass is 19.1. The van der Waals surface area contributed by atoms with E-state index in [4.69, 9.17) is 4.74 Å². The number of benzene rings is 1. The third kappa shape index (κ3) is 1.66. The fourth-order valence-electron chi connectivity index (χ4n) is 2.06. The van der Waals surface area contributed by atoms with E-state index in [2.05, 4.69) is 18.4 Å². The van der Waals surface area contributed by atoms with Crippen molar-refractivity contribution in [3.05, 3.63) is 35.8 Å². The minimum atomic E-state index is -0.227. The maximum atomic E-state index is 13.4. The number of allylic oxidation sites excluding steroid dienone is 1. The van der Waals surface area contributed by atoms with Crippen molar-refractivity contribution in [3.63, 3.8) is 0 Å². The van der Waals surface area contributed by atoms with Crippen LogP contribution in [-0.4, -0.2) is 12.6 Å². The van der Waals surface area contributed by atoms with Gasteiger partial charge in [-0.05, 0) is 32.4 Å². The first-order chi connectivity index (χ1) is 7.50. The number of nitrogens with zero attached hydrogens (tertiary/aromatic N) is 1. The van der Waals surface area contributed by atoms with E-state index in [9.17, 15) is 4.39 Å². The molecule has 1 aromatic rings. The summed E-state index contributed by atoms with van der Waals surface area (Å²) in [7, 11) is 0. The Labute approximate surface area is 95.3 Å². The van der Waals surface area contributed by atoms with Crippen LogP contribution in [0.2, 0.25) is 0 Å². The van der Waals surface area contributed by atoms with Crippen molar-refractivity contribution in [1.82, 2.24) is 0 Å². The molecule has 1 unspecified atom stereocenters. The van der Waals surface area contributed by atoms with Gasteiger partial charge in [0.25, 0.3) is 0 Å². The van der Waals surface area contributed by atoms with Crippen LogP contribution in [0, 0.1) is 12.7 Å². The molecule has 1 atom stereocenters. The Morgan fingerprint density at radius 3 is 2.88 bits per heavy atom. The summed E-state index contributed by atoms with van der Waals surface area (Å²) in [6.45, 7) is 10.3. The molecule has 86 valence electrons. The Morgan fingerprint density at radius 2 is 2.25 bits per heavy atom. The molecule has 1 aliphatic heterocycles. The molecule has 1 aromatic carbocycles. The Bertz CT molecular complexity index is 442. The van der Waals surface area contributed by atoms with Crippen molar-refractivity contribution in [2.45, 2.75) is 26.8 Å². The van der Waals surface area contributed by atoms with Gasteiger partial charge in [-0.2, -0.15) is 0 Å². The number of anilines is 1. The summed E-state index contributed by atoms with van der Waals surface area (Å²) < 4.78 is 18.9. The summed E-state index contributed by atoms with van der Waals surface area (Å²) in [4.78, 5) is 2.09. The van der Waals surface area contributed by atoms with Crippen molar-refractivity contribution < 1.29 is 9.13 Å². The maximum absolute atomic E-state index is 13.4. The highest BCUT2D eigenvalue weighted by Crippen LogP contribution is 2.37. The average Bonchev–Trinajstić information content (AvgIpc) is 2.20. The lowest BCUT2D eigenvalue weighted by atomic mass is 10.1. The largest absolute Gasteiger partial charge is 0.489 e. The van der Waals surface area contributed by atoms with Crippen LogP contribution in [-0.2, 0) is 0 Å². The lowest BCUT2D eigenvalue weighted by Gasteiger charge is -2.37. The number of rotatable bonds is 1. The van der Waals surface area contributed by atoms with E-state index in [1.54, 1.807) is 6.92 Å². The first kappa shape index (κ1) is 11.0. The summed E-state index contributed by atoms with van der Waals surface area (Å²) in [6, 6.07) is 3.50. The molecule has 0 saturated heterocycles. The SMILES string of the molecule is C=C(C)N1c2cc(C)c(F)cc2OCC1C. The molecule has 0 amide bonds. The van der Waals surface area contributed by atoms with Crippen molar-refractivity contribution in [1.29, 1.82) is 0 Å². The van der Waals surface area contributed by atoms with E-state index >= 15 is 0 Å². The Morgan fingerprint density at radius 1 is 1.56 bits per heavy atom. The number of halogens is 1. The fourth-order valence-corrected chi connectivity index (χ4v) is 2.06. The fraction of sp³-hybridized carbons (Fsp3) is 0.385. The minimum Gasteiger partial charge on any atom is -0.489 e. The molecule has 0 aromatic heterocycles. The van der Waals surface area contributed by atoms with Gasteiger partial charge in [0.1, 0.15) is 18.2 Å². The molecule has 16 heavy (non-hydrogen) atoms. The van der Waals surface area contributed by atoms with Gasteiger partial charge < -0.3 is 9.64 Å².